The summed E-state index contributed by atoms with van der Waals surface area (Å²) >= 11 is 0. The predicted octanol–water partition coefficient (Wildman–Crippen LogP) is 1.90. The molecule has 84 valence electrons. The fourth-order valence-corrected chi connectivity index (χ4v) is 1.18. The molecule has 1 rings (SSSR count). The molecule has 4 heteroatoms. The number of aryl methyl sites for hydroxylation is 1. The fourth-order valence-electron chi connectivity index (χ4n) is 1.18. The van der Waals surface area contributed by atoms with E-state index in [1.165, 1.54) is 0 Å². The first-order valence-electron chi connectivity index (χ1n) is 5.01. The van der Waals surface area contributed by atoms with E-state index < -0.39 is 0 Å². The molecule has 0 saturated carbocycles. The van der Waals surface area contributed by atoms with Gasteiger partial charge in [-0.1, -0.05) is 20.8 Å². The number of aromatic nitrogens is 2. The molecular weight excluding hydrogens is 192 g/mol. The van der Waals surface area contributed by atoms with Crippen LogP contribution in [0.2, 0.25) is 0 Å². The maximum atomic E-state index is 11.4. The van der Waals surface area contributed by atoms with Crippen LogP contribution in [-0.2, 0) is 23.2 Å². The molecule has 0 radical (unpaired) electrons. The molecule has 1 heterocycles. The molecule has 4 nitrogen and oxygen atoms in total. The van der Waals surface area contributed by atoms with Crippen molar-refractivity contribution in [2.45, 2.75) is 33.8 Å². The van der Waals surface area contributed by atoms with Gasteiger partial charge in [0.15, 0.2) is 0 Å². The highest BCUT2D eigenvalue weighted by Crippen LogP contribution is 2.19. The van der Waals surface area contributed by atoms with Gasteiger partial charge in [0.1, 0.15) is 6.61 Å². The van der Waals surface area contributed by atoms with E-state index in [-0.39, 0.29) is 18.0 Å². The minimum Gasteiger partial charge on any atom is -0.459 e. The van der Waals surface area contributed by atoms with Crippen molar-refractivity contribution in [1.29, 1.82) is 0 Å². The van der Waals surface area contributed by atoms with Crippen LogP contribution in [0.5, 0.6) is 0 Å². The van der Waals surface area contributed by atoms with Crippen LogP contribution < -0.4 is 0 Å². The fraction of sp³-hybridized carbons (Fsp3) is 0.636. The zero-order chi connectivity index (χ0) is 11.5. The van der Waals surface area contributed by atoms with Crippen LogP contribution in [0.4, 0.5) is 0 Å². The first-order valence-corrected chi connectivity index (χ1v) is 5.01. The van der Waals surface area contributed by atoms with Crippen LogP contribution in [0.25, 0.3) is 0 Å². The molecule has 0 aliphatic carbocycles. The summed E-state index contributed by atoms with van der Waals surface area (Å²) in [6, 6.07) is 1.84. The van der Waals surface area contributed by atoms with Crippen molar-refractivity contribution in [3.63, 3.8) is 0 Å². The zero-order valence-electron chi connectivity index (χ0n) is 9.78. The van der Waals surface area contributed by atoms with E-state index in [4.69, 9.17) is 4.74 Å². The summed E-state index contributed by atoms with van der Waals surface area (Å²) < 4.78 is 6.79. The van der Waals surface area contributed by atoms with Crippen molar-refractivity contribution < 1.29 is 9.53 Å². The molecule has 0 spiro atoms. The molecule has 1 aromatic rings. The van der Waals surface area contributed by atoms with E-state index in [1.54, 1.807) is 4.68 Å². The standard InChI is InChI=1S/C11H18N2O2/c1-11(2,3)7-10(14)15-8-9-5-6-13(4)12-9/h5-6H,7-8H2,1-4H3. The molecule has 1 aromatic heterocycles. The average Bonchev–Trinajstić information content (AvgIpc) is 2.45. The molecule has 0 atom stereocenters. The third-order valence-electron chi connectivity index (χ3n) is 1.82. The SMILES string of the molecule is Cn1ccc(COC(=O)CC(C)(C)C)n1. The van der Waals surface area contributed by atoms with Crippen LogP contribution in [0.3, 0.4) is 0 Å². The number of ether oxygens (including phenoxy) is 1. The Hall–Kier alpha value is -1.32. The topological polar surface area (TPSA) is 44.1 Å². The van der Waals surface area contributed by atoms with E-state index in [2.05, 4.69) is 5.10 Å². The van der Waals surface area contributed by atoms with Gasteiger partial charge >= 0.3 is 5.97 Å². The first kappa shape index (κ1) is 11.8. The Kier molecular flexibility index (Phi) is 3.50. The summed E-state index contributed by atoms with van der Waals surface area (Å²) in [5.74, 6) is -0.173. The highest BCUT2D eigenvalue weighted by molar-refractivity contribution is 5.70. The molecule has 0 saturated heterocycles. The van der Waals surface area contributed by atoms with Crippen molar-refractivity contribution >= 4 is 5.97 Å². The summed E-state index contributed by atoms with van der Waals surface area (Å²) in [5.41, 5.74) is 0.751. The van der Waals surface area contributed by atoms with Gasteiger partial charge in [-0.15, -0.1) is 0 Å². The van der Waals surface area contributed by atoms with Crippen LogP contribution in [0.1, 0.15) is 32.9 Å². The maximum Gasteiger partial charge on any atom is 0.306 e. The summed E-state index contributed by atoms with van der Waals surface area (Å²) in [5, 5.41) is 4.12. The van der Waals surface area contributed by atoms with Crippen LogP contribution in [0.15, 0.2) is 12.3 Å². The third kappa shape index (κ3) is 4.63. The summed E-state index contributed by atoms with van der Waals surface area (Å²) in [6.07, 6.45) is 2.26. The van der Waals surface area contributed by atoms with Gasteiger partial charge in [0.05, 0.1) is 12.1 Å². The molecule has 0 aliphatic heterocycles. The number of hydrogen-bond acceptors (Lipinski definition) is 3. The smallest absolute Gasteiger partial charge is 0.306 e. The van der Waals surface area contributed by atoms with Gasteiger partial charge in [-0.3, -0.25) is 9.48 Å². The van der Waals surface area contributed by atoms with E-state index >= 15 is 0 Å². The Morgan fingerprint density at radius 1 is 1.53 bits per heavy atom. The van der Waals surface area contributed by atoms with Gasteiger partial charge in [-0.25, -0.2) is 0 Å². The molecule has 0 aliphatic rings. The molecule has 0 aromatic carbocycles. The number of nitrogens with zero attached hydrogens (tertiary/aromatic N) is 2. The van der Waals surface area contributed by atoms with E-state index in [0.717, 1.165) is 5.69 Å². The van der Waals surface area contributed by atoms with E-state index in [9.17, 15) is 4.79 Å². The van der Waals surface area contributed by atoms with Crippen molar-refractivity contribution in [2.24, 2.45) is 12.5 Å². The molecule has 0 fully saturated rings. The van der Waals surface area contributed by atoms with Gasteiger partial charge in [0, 0.05) is 13.2 Å². The molecule has 0 bridgehead atoms. The quantitative estimate of drug-likeness (QED) is 0.716. The Bertz CT molecular complexity index is 337. The van der Waals surface area contributed by atoms with Crippen molar-refractivity contribution in [3.05, 3.63) is 18.0 Å². The Balaban J connectivity index is 2.35. The Morgan fingerprint density at radius 3 is 2.67 bits per heavy atom. The van der Waals surface area contributed by atoms with Gasteiger partial charge in [-0.2, -0.15) is 5.10 Å². The summed E-state index contributed by atoms with van der Waals surface area (Å²) in [6.45, 7) is 6.29. The monoisotopic (exact) mass is 210 g/mol. The Morgan fingerprint density at radius 2 is 2.20 bits per heavy atom. The first-order chi connectivity index (χ1) is 6.87. The van der Waals surface area contributed by atoms with Gasteiger partial charge in [-0.05, 0) is 11.5 Å². The highest BCUT2D eigenvalue weighted by atomic mass is 16.5. The van der Waals surface area contributed by atoms with Crippen LogP contribution in [0, 0.1) is 5.41 Å². The lowest BCUT2D eigenvalue weighted by Crippen LogP contribution is -2.15. The molecular formula is C11H18N2O2. The van der Waals surface area contributed by atoms with Crippen molar-refractivity contribution in [3.8, 4) is 0 Å². The largest absolute Gasteiger partial charge is 0.459 e. The number of hydrogen-bond donors (Lipinski definition) is 0. The summed E-state index contributed by atoms with van der Waals surface area (Å²) in [4.78, 5) is 11.4. The lowest BCUT2D eigenvalue weighted by atomic mass is 9.92. The number of esters is 1. The lowest BCUT2D eigenvalue weighted by molar-refractivity contribution is -0.147. The normalized spacial score (nSPS) is 11.5. The zero-order valence-corrected chi connectivity index (χ0v) is 9.78. The maximum absolute atomic E-state index is 11.4. The molecule has 0 amide bonds. The number of carbonyl (C=O) groups excluding carboxylic acids is 1. The number of rotatable bonds is 3. The predicted molar refractivity (Wildman–Crippen MR) is 57.1 cm³/mol. The highest BCUT2D eigenvalue weighted by Gasteiger charge is 2.17. The Labute approximate surface area is 90.2 Å². The summed E-state index contributed by atoms with van der Waals surface area (Å²) in [7, 11) is 1.83. The second kappa shape index (κ2) is 4.47. The average molecular weight is 210 g/mol. The minimum atomic E-state index is -0.173. The van der Waals surface area contributed by atoms with Gasteiger partial charge < -0.3 is 4.74 Å². The minimum absolute atomic E-state index is 0.0266. The molecule has 0 N–H and O–H groups in total. The van der Waals surface area contributed by atoms with E-state index in [0.29, 0.717) is 6.42 Å². The second-order valence-electron chi connectivity index (χ2n) is 4.88. The number of carbonyl (C=O) groups is 1. The van der Waals surface area contributed by atoms with Gasteiger partial charge in [0.25, 0.3) is 0 Å². The van der Waals surface area contributed by atoms with E-state index in [1.807, 2.05) is 40.1 Å². The second-order valence-corrected chi connectivity index (χ2v) is 4.88. The molecule has 0 unspecified atom stereocenters. The van der Waals surface area contributed by atoms with Crippen LogP contribution >= 0.6 is 0 Å². The van der Waals surface area contributed by atoms with Gasteiger partial charge in [0.2, 0.25) is 0 Å². The van der Waals surface area contributed by atoms with Crippen molar-refractivity contribution in [2.75, 3.05) is 0 Å². The molecule has 15 heavy (non-hydrogen) atoms. The third-order valence-corrected chi connectivity index (χ3v) is 1.82. The van der Waals surface area contributed by atoms with Crippen LogP contribution in [-0.4, -0.2) is 15.7 Å². The van der Waals surface area contributed by atoms with Crippen molar-refractivity contribution in [1.82, 2.24) is 9.78 Å². The lowest BCUT2D eigenvalue weighted by Gasteiger charge is -2.16.